The molecule has 1 saturated carbocycles. The van der Waals surface area contributed by atoms with Crippen LogP contribution >= 0.6 is 0 Å². The Balaban J connectivity index is 1.39. The molecule has 4 rings (SSSR count). The average Bonchev–Trinajstić information content (AvgIpc) is 3.16. The maximum atomic E-state index is 12.2. The lowest BCUT2D eigenvalue weighted by Crippen LogP contribution is -2.41. The zero-order valence-corrected chi connectivity index (χ0v) is 15.1. The number of hydrogen-bond donors (Lipinski definition) is 2. The van der Waals surface area contributed by atoms with Crippen LogP contribution in [0.3, 0.4) is 0 Å². The van der Waals surface area contributed by atoms with Crippen molar-refractivity contribution < 1.29 is 14.6 Å². The summed E-state index contributed by atoms with van der Waals surface area (Å²) in [5.74, 6) is 0.562. The highest BCUT2D eigenvalue weighted by atomic mass is 16.5. The van der Waals surface area contributed by atoms with Gasteiger partial charge < -0.3 is 15.2 Å². The van der Waals surface area contributed by atoms with E-state index in [9.17, 15) is 9.90 Å². The third kappa shape index (κ3) is 3.21. The summed E-state index contributed by atoms with van der Waals surface area (Å²) in [4.78, 5) is 12.2. The summed E-state index contributed by atoms with van der Waals surface area (Å²) >= 11 is 0. The van der Waals surface area contributed by atoms with Crippen molar-refractivity contribution >= 4 is 6.09 Å². The molecule has 2 aliphatic carbocycles. The standard InChI is InChI=1S/C22H25NO3/c1-15-10-11-22(25,12-15)14-23-21(24)26-13-20-18-8-4-2-6-16(18)17-7-3-5-9-19(17)20/h2-9,15,20,25H,10-14H2,1H3,(H,23,24). The summed E-state index contributed by atoms with van der Waals surface area (Å²) < 4.78 is 5.51. The minimum absolute atomic E-state index is 0.0581. The van der Waals surface area contributed by atoms with Crippen LogP contribution in [0.1, 0.15) is 43.2 Å². The number of carbonyl (C=O) groups is 1. The van der Waals surface area contributed by atoms with Crippen LogP contribution in [0.2, 0.25) is 0 Å². The summed E-state index contributed by atoms with van der Waals surface area (Å²) in [6.07, 6.45) is 2.01. The van der Waals surface area contributed by atoms with E-state index >= 15 is 0 Å². The molecule has 0 heterocycles. The monoisotopic (exact) mass is 351 g/mol. The molecule has 2 atom stereocenters. The predicted molar refractivity (Wildman–Crippen MR) is 101 cm³/mol. The van der Waals surface area contributed by atoms with Crippen molar-refractivity contribution in [2.75, 3.05) is 13.2 Å². The molecule has 2 aliphatic rings. The van der Waals surface area contributed by atoms with Crippen molar-refractivity contribution in [3.63, 3.8) is 0 Å². The second-order valence-corrected chi connectivity index (χ2v) is 7.75. The largest absolute Gasteiger partial charge is 0.449 e. The van der Waals surface area contributed by atoms with Crippen LogP contribution in [0, 0.1) is 5.92 Å². The molecule has 2 aromatic rings. The summed E-state index contributed by atoms with van der Waals surface area (Å²) in [6.45, 7) is 2.69. The van der Waals surface area contributed by atoms with E-state index in [0.29, 0.717) is 12.5 Å². The number of rotatable bonds is 4. The molecule has 0 bridgehead atoms. The third-order valence-corrected chi connectivity index (χ3v) is 5.74. The topological polar surface area (TPSA) is 58.6 Å². The number of ether oxygens (including phenoxy) is 1. The minimum atomic E-state index is -0.787. The van der Waals surface area contributed by atoms with Crippen molar-refractivity contribution in [3.8, 4) is 11.1 Å². The Kier molecular flexibility index (Phi) is 4.45. The Morgan fingerprint density at radius 1 is 1.15 bits per heavy atom. The fraction of sp³-hybridized carbons (Fsp3) is 0.409. The number of fused-ring (bicyclic) bond motifs is 3. The van der Waals surface area contributed by atoms with E-state index in [1.807, 2.05) is 24.3 Å². The van der Waals surface area contributed by atoms with Gasteiger partial charge in [0.1, 0.15) is 6.61 Å². The molecule has 0 radical (unpaired) electrons. The zero-order chi connectivity index (χ0) is 18.1. The van der Waals surface area contributed by atoms with E-state index in [-0.39, 0.29) is 12.5 Å². The molecular weight excluding hydrogens is 326 g/mol. The van der Waals surface area contributed by atoms with Gasteiger partial charge in [0.15, 0.2) is 0 Å². The Morgan fingerprint density at radius 2 is 1.77 bits per heavy atom. The van der Waals surface area contributed by atoms with Crippen LogP contribution < -0.4 is 5.32 Å². The van der Waals surface area contributed by atoms with Gasteiger partial charge in [0.25, 0.3) is 0 Å². The number of carbonyl (C=O) groups excluding carboxylic acids is 1. The first kappa shape index (κ1) is 17.1. The van der Waals surface area contributed by atoms with Gasteiger partial charge in [-0.1, -0.05) is 55.5 Å². The lowest BCUT2D eigenvalue weighted by atomic mass is 9.98. The van der Waals surface area contributed by atoms with Gasteiger partial charge in [-0.15, -0.1) is 0 Å². The molecule has 4 heteroatoms. The summed E-state index contributed by atoms with van der Waals surface area (Å²) in [5.41, 5.74) is 4.04. The van der Waals surface area contributed by atoms with E-state index < -0.39 is 11.7 Å². The predicted octanol–water partition coefficient (Wildman–Crippen LogP) is 4.08. The Hall–Kier alpha value is -2.33. The maximum Gasteiger partial charge on any atom is 0.407 e. The Bertz CT molecular complexity index is 773. The number of amides is 1. The van der Waals surface area contributed by atoms with Crippen LogP contribution in [0.5, 0.6) is 0 Å². The number of alkyl carbamates (subject to hydrolysis) is 1. The van der Waals surface area contributed by atoms with E-state index in [2.05, 4.69) is 36.5 Å². The number of aliphatic hydroxyl groups is 1. The molecular formula is C22H25NO3. The SMILES string of the molecule is CC1CCC(O)(CNC(=O)OCC2c3ccccc3-c3ccccc32)C1. The average molecular weight is 351 g/mol. The molecule has 0 aliphatic heterocycles. The third-order valence-electron chi connectivity index (χ3n) is 5.74. The molecule has 2 N–H and O–H groups in total. The first-order valence-corrected chi connectivity index (χ1v) is 9.37. The molecule has 26 heavy (non-hydrogen) atoms. The quantitative estimate of drug-likeness (QED) is 0.873. The summed E-state index contributed by atoms with van der Waals surface area (Å²) in [5, 5.41) is 13.2. The smallest absolute Gasteiger partial charge is 0.407 e. The Morgan fingerprint density at radius 3 is 2.35 bits per heavy atom. The summed E-state index contributed by atoms with van der Waals surface area (Å²) in [7, 11) is 0. The first-order chi connectivity index (χ1) is 12.6. The van der Waals surface area contributed by atoms with Crippen LogP contribution in [0.4, 0.5) is 4.79 Å². The fourth-order valence-corrected chi connectivity index (χ4v) is 4.41. The van der Waals surface area contributed by atoms with Crippen molar-refractivity contribution in [2.24, 2.45) is 5.92 Å². The molecule has 1 fully saturated rings. The van der Waals surface area contributed by atoms with E-state index in [4.69, 9.17) is 4.74 Å². The van der Waals surface area contributed by atoms with Crippen molar-refractivity contribution in [3.05, 3.63) is 59.7 Å². The number of benzene rings is 2. The van der Waals surface area contributed by atoms with Gasteiger partial charge in [0, 0.05) is 12.5 Å². The molecule has 136 valence electrons. The van der Waals surface area contributed by atoms with Gasteiger partial charge in [-0.05, 0) is 47.4 Å². The highest BCUT2D eigenvalue weighted by Crippen LogP contribution is 2.44. The van der Waals surface area contributed by atoms with Crippen molar-refractivity contribution in [1.82, 2.24) is 5.32 Å². The number of nitrogens with one attached hydrogen (secondary N) is 1. The van der Waals surface area contributed by atoms with E-state index in [0.717, 1.165) is 19.3 Å². The molecule has 0 spiro atoms. The van der Waals surface area contributed by atoms with Crippen molar-refractivity contribution in [1.29, 1.82) is 0 Å². The van der Waals surface area contributed by atoms with Crippen LogP contribution in [0.25, 0.3) is 11.1 Å². The Labute approximate surface area is 154 Å². The lowest BCUT2D eigenvalue weighted by Gasteiger charge is -2.23. The molecule has 2 unspecified atom stereocenters. The summed E-state index contributed by atoms with van der Waals surface area (Å²) in [6, 6.07) is 16.6. The highest BCUT2D eigenvalue weighted by molar-refractivity contribution is 5.79. The van der Waals surface area contributed by atoms with Crippen LogP contribution in [-0.4, -0.2) is 30.0 Å². The minimum Gasteiger partial charge on any atom is -0.449 e. The van der Waals surface area contributed by atoms with Gasteiger partial charge in [-0.3, -0.25) is 0 Å². The number of hydrogen-bond acceptors (Lipinski definition) is 3. The molecule has 1 amide bonds. The maximum absolute atomic E-state index is 12.2. The molecule has 0 aromatic heterocycles. The second-order valence-electron chi connectivity index (χ2n) is 7.75. The van der Waals surface area contributed by atoms with Crippen LogP contribution in [-0.2, 0) is 4.74 Å². The van der Waals surface area contributed by atoms with Gasteiger partial charge in [0.2, 0.25) is 0 Å². The van der Waals surface area contributed by atoms with Gasteiger partial charge in [0.05, 0.1) is 5.60 Å². The van der Waals surface area contributed by atoms with Crippen molar-refractivity contribution in [2.45, 2.75) is 37.7 Å². The molecule has 2 aromatic carbocycles. The zero-order valence-electron chi connectivity index (χ0n) is 15.1. The van der Waals surface area contributed by atoms with E-state index in [1.54, 1.807) is 0 Å². The van der Waals surface area contributed by atoms with E-state index in [1.165, 1.54) is 22.3 Å². The highest BCUT2D eigenvalue weighted by Gasteiger charge is 2.36. The van der Waals surface area contributed by atoms with Gasteiger partial charge in [-0.25, -0.2) is 4.79 Å². The molecule has 4 nitrogen and oxygen atoms in total. The van der Waals surface area contributed by atoms with Gasteiger partial charge >= 0.3 is 6.09 Å². The fourth-order valence-electron chi connectivity index (χ4n) is 4.41. The van der Waals surface area contributed by atoms with Gasteiger partial charge in [-0.2, -0.15) is 0 Å². The second kappa shape index (κ2) is 6.76. The lowest BCUT2D eigenvalue weighted by molar-refractivity contribution is 0.0418. The first-order valence-electron chi connectivity index (χ1n) is 9.37. The normalized spacial score (nSPS) is 24.2. The van der Waals surface area contributed by atoms with Crippen LogP contribution in [0.15, 0.2) is 48.5 Å². The molecule has 0 saturated heterocycles.